The van der Waals surface area contributed by atoms with E-state index >= 15 is 0 Å². The third-order valence-electron chi connectivity index (χ3n) is 3.09. The maximum absolute atomic E-state index is 12.5. The fourth-order valence-electron chi connectivity index (χ4n) is 2.03. The third kappa shape index (κ3) is 1.96. The Morgan fingerprint density at radius 1 is 1.45 bits per heavy atom. The van der Waals surface area contributed by atoms with Gasteiger partial charge in [-0.05, 0) is 29.8 Å². The van der Waals surface area contributed by atoms with Crippen LogP contribution in [0.4, 0.5) is 0 Å². The highest BCUT2D eigenvalue weighted by Crippen LogP contribution is 2.20. The molecule has 0 saturated carbocycles. The normalized spacial score (nSPS) is 11.3. The number of hydrogen-bond acceptors (Lipinski definition) is 5. The lowest BCUT2D eigenvalue weighted by atomic mass is 10.3. The first-order valence-electron chi connectivity index (χ1n) is 6.13. The Kier molecular flexibility index (Phi) is 3.17. The van der Waals surface area contributed by atoms with Crippen LogP contribution in [-0.2, 0) is 13.1 Å². The lowest BCUT2D eigenvalue weighted by molar-refractivity contribution is 0.388. The van der Waals surface area contributed by atoms with Gasteiger partial charge >= 0.3 is 0 Å². The summed E-state index contributed by atoms with van der Waals surface area (Å²) in [6, 6.07) is 0. The van der Waals surface area contributed by atoms with Crippen molar-refractivity contribution < 1.29 is 4.52 Å². The number of rotatable bonds is 3. The van der Waals surface area contributed by atoms with Crippen molar-refractivity contribution in [1.29, 1.82) is 0 Å². The quantitative estimate of drug-likeness (QED) is 0.727. The zero-order valence-electron chi connectivity index (χ0n) is 11.0. The van der Waals surface area contributed by atoms with Gasteiger partial charge in [0.15, 0.2) is 5.52 Å². The highest BCUT2D eigenvalue weighted by molar-refractivity contribution is 9.10. The van der Waals surface area contributed by atoms with E-state index in [1.807, 2.05) is 6.92 Å². The van der Waals surface area contributed by atoms with E-state index in [0.29, 0.717) is 35.6 Å². The molecular formula is C12H12BrN5O2. The van der Waals surface area contributed by atoms with Crippen LogP contribution in [0.3, 0.4) is 0 Å². The summed E-state index contributed by atoms with van der Waals surface area (Å²) in [5.74, 6) is 0.681. The van der Waals surface area contributed by atoms with E-state index in [4.69, 9.17) is 4.52 Å². The Morgan fingerprint density at radius 2 is 2.25 bits per heavy atom. The van der Waals surface area contributed by atoms with Gasteiger partial charge in [-0.25, -0.2) is 4.98 Å². The fraction of sp³-hybridized carbons (Fsp3) is 0.333. The van der Waals surface area contributed by atoms with Crippen molar-refractivity contribution in [2.75, 3.05) is 0 Å². The molecule has 0 radical (unpaired) electrons. The van der Waals surface area contributed by atoms with E-state index in [2.05, 4.69) is 31.2 Å². The molecule has 0 saturated heterocycles. The van der Waals surface area contributed by atoms with E-state index in [1.165, 1.54) is 10.9 Å². The molecule has 0 spiro atoms. The molecule has 0 aliphatic carbocycles. The van der Waals surface area contributed by atoms with Gasteiger partial charge < -0.3 is 4.52 Å². The van der Waals surface area contributed by atoms with Crippen molar-refractivity contribution in [2.45, 2.75) is 26.9 Å². The summed E-state index contributed by atoms with van der Waals surface area (Å²) in [6.07, 6.45) is 3.10. The van der Waals surface area contributed by atoms with Crippen molar-refractivity contribution in [3.8, 4) is 0 Å². The second-order valence-corrected chi connectivity index (χ2v) is 5.16. The van der Waals surface area contributed by atoms with Gasteiger partial charge in [-0.1, -0.05) is 5.16 Å². The molecule has 8 heteroatoms. The standard InChI is InChI=1S/C12H12BrN5O2/c1-3-18-11-8(4-15-18)14-6-17(12(11)19)5-9-10(13)7(2)20-16-9/h4,6H,3,5H2,1-2H3. The van der Waals surface area contributed by atoms with Crippen molar-refractivity contribution >= 4 is 27.0 Å². The first kappa shape index (κ1) is 13.0. The van der Waals surface area contributed by atoms with Crippen LogP contribution in [-0.4, -0.2) is 24.5 Å². The molecule has 7 nitrogen and oxygen atoms in total. The summed E-state index contributed by atoms with van der Waals surface area (Å²) >= 11 is 3.39. The van der Waals surface area contributed by atoms with Crippen LogP contribution in [0.2, 0.25) is 0 Å². The van der Waals surface area contributed by atoms with Gasteiger partial charge in [0.25, 0.3) is 5.56 Å². The largest absolute Gasteiger partial charge is 0.360 e. The second-order valence-electron chi connectivity index (χ2n) is 4.37. The van der Waals surface area contributed by atoms with Crippen LogP contribution in [0.5, 0.6) is 0 Å². The van der Waals surface area contributed by atoms with Gasteiger partial charge in [-0.3, -0.25) is 14.0 Å². The summed E-state index contributed by atoms with van der Waals surface area (Å²) in [7, 11) is 0. The monoisotopic (exact) mass is 337 g/mol. The second kappa shape index (κ2) is 4.86. The summed E-state index contributed by atoms with van der Waals surface area (Å²) in [4.78, 5) is 16.7. The summed E-state index contributed by atoms with van der Waals surface area (Å²) < 4.78 is 8.99. The molecule has 0 aliphatic heterocycles. The van der Waals surface area contributed by atoms with Crippen LogP contribution in [0, 0.1) is 6.92 Å². The number of hydrogen-bond donors (Lipinski definition) is 0. The maximum Gasteiger partial charge on any atom is 0.279 e. The SMILES string of the molecule is CCn1ncc2ncn(Cc3noc(C)c3Br)c(=O)c21. The van der Waals surface area contributed by atoms with Gasteiger partial charge in [-0.2, -0.15) is 5.10 Å². The highest BCUT2D eigenvalue weighted by atomic mass is 79.9. The molecule has 0 amide bonds. The Balaban J connectivity index is 2.10. The zero-order chi connectivity index (χ0) is 14.3. The van der Waals surface area contributed by atoms with Gasteiger partial charge in [0.2, 0.25) is 0 Å². The van der Waals surface area contributed by atoms with Gasteiger partial charge in [-0.15, -0.1) is 0 Å². The molecular weight excluding hydrogens is 326 g/mol. The summed E-state index contributed by atoms with van der Waals surface area (Å²) in [5.41, 5.74) is 1.63. The minimum atomic E-state index is -0.137. The summed E-state index contributed by atoms with van der Waals surface area (Å²) in [6.45, 7) is 4.66. The van der Waals surface area contributed by atoms with Gasteiger partial charge in [0, 0.05) is 6.54 Å². The van der Waals surface area contributed by atoms with Crippen molar-refractivity contribution in [3.63, 3.8) is 0 Å². The number of aryl methyl sites for hydroxylation is 2. The Morgan fingerprint density at radius 3 is 2.90 bits per heavy atom. The molecule has 3 heterocycles. The fourth-order valence-corrected chi connectivity index (χ4v) is 2.30. The highest BCUT2D eigenvalue weighted by Gasteiger charge is 2.14. The molecule has 3 aromatic heterocycles. The minimum Gasteiger partial charge on any atom is -0.360 e. The first-order valence-corrected chi connectivity index (χ1v) is 6.92. The van der Waals surface area contributed by atoms with Crippen LogP contribution in [0.15, 0.2) is 26.3 Å². The molecule has 0 aromatic carbocycles. The zero-order valence-corrected chi connectivity index (χ0v) is 12.6. The van der Waals surface area contributed by atoms with Gasteiger partial charge in [0.1, 0.15) is 17.0 Å². The van der Waals surface area contributed by atoms with Gasteiger partial charge in [0.05, 0.1) is 23.5 Å². The molecule has 3 rings (SSSR count). The molecule has 0 N–H and O–H groups in total. The van der Waals surface area contributed by atoms with E-state index < -0.39 is 0 Å². The topological polar surface area (TPSA) is 78.7 Å². The van der Waals surface area contributed by atoms with Crippen LogP contribution in [0.1, 0.15) is 18.4 Å². The number of nitrogens with zero attached hydrogens (tertiary/aromatic N) is 5. The van der Waals surface area contributed by atoms with Crippen molar-refractivity contribution in [2.24, 2.45) is 0 Å². The van der Waals surface area contributed by atoms with Crippen LogP contribution in [0.25, 0.3) is 11.0 Å². The third-order valence-corrected chi connectivity index (χ3v) is 4.11. The smallest absolute Gasteiger partial charge is 0.279 e. The molecule has 20 heavy (non-hydrogen) atoms. The lowest BCUT2D eigenvalue weighted by Gasteiger charge is -2.04. The average Bonchev–Trinajstić information content (AvgIpc) is 3.00. The molecule has 3 aromatic rings. The van der Waals surface area contributed by atoms with E-state index in [-0.39, 0.29) is 5.56 Å². The predicted octanol–water partition coefficient (Wildman–Crippen LogP) is 1.72. The van der Waals surface area contributed by atoms with E-state index in [1.54, 1.807) is 17.8 Å². The molecule has 0 atom stereocenters. The number of halogens is 1. The number of fused-ring (bicyclic) bond motifs is 1. The predicted molar refractivity (Wildman–Crippen MR) is 75.5 cm³/mol. The molecule has 0 aliphatic rings. The Bertz CT molecular complexity index is 832. The molecule has 104 valence electrons. The molecule has 0 bridgehead atoms. The maximum atomic E-state index is 12.5. The van der Waals surface area contributed by atoms with Crippen molar-refractivity contribution in [1.82, 2.24) is 24.5 Å². The minimum absolute atomic E-state index is 0.137. The van der Waals surface area contributed by atoms with Crippen LogP contribution < -0.4 is 5.56 Å². The van der Waals surface area contributed by atoms with E-state index in [9.17, 15) is 4.79 Å². The summed E-state index contributed by atoms with van der Waals surface area (Å²) in [5, 5.41) is 8.07. The van der Waals surface area contributed by atoms with E-state index in [0.717, 1.165) is 4.47 Å². The Hall–Kier alpha value is -1.96. The van der Waals surface area contributed by atoms with Crippen LogP contribution >= 0.6 is 15.9 Å². The molecule has 0 unspecified atom stereocenters. The molecule has 0 fully saturated rings. The van der Waals surface area contributed by atoms with Crippen molar-refractivity contribution in [3.05, 3.63) is 38.8 Å². The Labute approximate surface area is 122 Å². The number of aromatic nitrogens is 5. The first-order chi connectivity index (χ1) is 9.61. The average molecular weight is 338 g/mol. The lowest BCUT2D eigenvalue weighted by Crippen LogP contribution is -2.23.